The monoisotopic (exact) mass is 333 g/mol. The Kier molecular flexibility index (Phi) is 6.17. The summed E-state index contributed by atoms with van der Waals surface area (Å²) in [6, 6.07) is 10.8. The van der Waals surface area contributed by atoms with Crippen LogP contribution in [0.4, 0.5) is 0 Å². The molecule has 2 rings (SSSR count). The number of carbonyl (C=O) groups is 2. The van der Waals surface area contributed by atoms with Crippen LogP contribution in [0.2, 0.25) is 0 Å². The molecule has 1 amide bonds. The first-order valence-corrected chi connectivity index (χ1v) is 8.06. The van der Waals surface area contributed by atoms with E-state index in [-0.39, 0.29) is 24.9 Å². The van der Waals surface area contributed by atoms with Gasteiger partial charge < -0.3 is 14.8 Å². The van der Waals surface area contributed by atoms with Crippen molar-refractivity contribution in [2.45, 2.75) is 19.4 Å². The molecule has 0 bridgehead atoms. The van der Waals surface area contributed by atoms with Crippen molar-refractivity contribution in [1.82, 2.24) is 5.32 Å². The van der Waals surface area contributed by atoms with Gasteiger partial charge >= 0.3 is 5.97 Å². The Morgan fingerprint density at radius 3 is 2.65 bits per heavy atom. The summed E-state index contributed by atoms with van der Waals surface area (Å²) in [7, 11) is 1.33. The zero-order valence-electron chi connectivity index (χ0n) is 13.1. The van der Waals surface area contributed by atoms with Gasteiger partial charge in [0.05, 0.1) is 19.6 Å². The summed E-state index contributed by atoms with van der Waals surface area (Å²) >= 11 is 1.48. The highest BCUT2D eigenvalue weighted by molar-refractivity contribution is 7.10. The zero-order chi connectivity index (χ0) is 16.7. The van der Waals surface area contributed by atoms with E-state index in [9.17, 15) is 9.59 Å². The van der Waals surface area contributed by atoms with E-state index in [1.807, 2.05) is 48.7 Å². The van der Waals surface area contributed by atoms with Crippen LogP contribution in [0.15, 0.2) is 41.8 Å². The molecule has 0 unspecified atom stereocenters. The third-order valence-corrected chi connectivity index (χ3v) is 4.26. The number of nitrogens with one attached hydrogen (secondary N) is 1. The van der Waals surface area contributed by atoms with Crippen LogP contribution in [0.25, 0.3) is 0 Å². The van der Waals surface area contributed by atoms with Crippen LogP contribution < -0.4 is 10.1 Å². The van der Waals surface area contributed by atoms with Crippen LogP contribution in [0.5, 0.6) is 5.75 Å². The molecule has 0 fully saturated rings. The Balaban J connectivity index is 1.95. The molecule has 1 atom stereocenters. The Morgan fingerprint density at radius 1 is 1.22 bits per heavy atom. The topological polar surface area (TPSA) is 64.6 Å². The fourth-order valence-corrected chi connectivity index (χ4v) is 2.84. The minimum Gasteiger partial charge on any atom is -0.484 e. The quantitative estimate of drug-likeness (QED) is 0.791. The Morgan fingerprint density at radius 2 is 2.00 bits per heavy atom. The van der Waals surface area contributed by atoms with Gasteiger partial charge in [-0.25, -0.2) is 0 Å². The van der Waals surface area contributed by atoms with E-state index < -0.39 is 6.04 Å². The molecule has 0 radical (unpaired) electrons. The van der Waals surface area contributed by atoms with Gasteiger partial charge in [-0.2, -0.15) is 0 Å². The van der Waals surface area contributed by atoms with Crippen molar-refractivity contribution in [2.24, 2.45) is 0 Å². The van der Waals surface area contributed by atoms with Gasteiger partial charge in [0.2, 0.25) is 0 Å². The largest absolute Gasteiger partial charge is 0.484 e. The van der Waals surface area contributed by atoms with Gasteiger partial charge in [0.25, 0.3) is 5.91 Å². The highest BCUT2D eigenvalue weighted by Gasteiger charge is 2.20. The smallest absolute Gasteiger partial charge is 0.307 e. The lowest BCUT2D eigenvalue weighted by Crippen LogP contribution is -2.33. The molecular weight excluding hydrogens is 314 g/mol. The van der Waals surface area contributed by atoms with Gasteiger partial charge in [-0.1, -0.05) is 24.3 Å². The van der Waals surface area contributed by atoms with Crippen LogP contribution in [0, 0.1) is 6.92 Å². The summed E-state index contributed by atoms with van der Waals surface area (Å²) in [5.41, 5.74) is 0.963. The van der Waals surface area contributed by atoms with Gasteiger partial charge in [0.1, 0.15) is 5.75 Å². The predicted molar refractivity (Wildman–Crippen MR) is 88.5 cm³/mol. The van der Waals surface area contributed by atoms with Gasteiger partial charge in [0, 0.05) is 4.88 Å². The molecule has 6 heteroatoms. The number of para-hydroxylation sites is 1. The van der Waals surface area contributed by atoms with Gasteiger partial charge in [-0.15, -0.1) is 11.3 Å². The molecule has 0 saturated heterocycles. The molecule has 2 aromatic rings. The van der Waals surface area contributed by atoms with E-state index in [2.05, 4.69) is 10.1 Å². The molecule has 1 N–H and O–H groups in total. The zero-order valence-corrected chi connectivity index (χ0v) is 13.9. The minimum absolute atomic E-state index is 0.0904. The second-order valence-corrected chi connectivity index (χ2v) is 5.95. The molecule has 1 heterocycles. The standard InChI is InChI=1S/C17H19NO4S/c1-12-6-3-4-7-14(12)22-11-16(19)18-13(10-17(20)21-2)15-8-5-9-23-15/h3-9,13H,10-11H2,1-2H3,(H,18,19)/t13-/m0/s1. The van der Waals surface area contributed by atoms with E-state index in [0.29, 0.717) is 5.75 Å². The summed E-state index contributed by atoms with van der Waals surface area (Å²) in [5.74, 6) is 0.0161. The minimum atomic E-state index is -0.407. The van der Waals surface area contributed by atoms with Crippen LogP contribution >= 0.6 is 11.3 Å². The summed E-state index contributed by atoms with van der Waals surface area (Å²) in [6.45, 7) is 1.81. The second kappa shape index (κ2) is 8.33. The number of benzene rings is 1. The molecule has 0 spiro atoms. The number of ether oxygens (including phenoxy) is 2. The van der Waals surface area contributed by atoms with E-state index in [0.717, 1.165) is 10.4 Å². The number of thiophene rings is 1. The number of methoxy groups -OCH3 is 1. The summed E-state index contributed by atoms with van der Waals surface area (Å²) in [6.07, 6.45) is 0.0904. The van der Waals surface area contributed by atoms with Crippen molar-refractivity contribution in [3.8, 4) is 5.75 Å². The predicted octanol–water partition coefficient (Wildman–Crippen LogP) is 2.86. The first kappa shape index (κ1) is 17.0. The molecule has 0 aliphatic heterocycles. The normalized spacial score (nSPS) is 11.6. The first-order valence-electron chi connectivity index (χ1n) is 7.18. The van der Waals surface area contributed by atoms with Crippen LogP contribution in [0.3, 0.4) is 0 Å². The van der Waals surface area contributed by atoms with Crippen LogP contribution in [-0.2, 0) is 14.3 Å². The molecule has 5 nitrogen and oxygen atoms in total. The molecule has 0 aliphatic carbocycles. The molecule has 23 heavy (non-hydrogen) atoms. The second-order valence-electron chi connectivity index (χ2n) is 4.97. The summed E-state index contributed by atoms with van der Waals surface area (Å²) in [5, 5.41) is 4.72. The van der Waals surface area contributed by atoms with E-state index in [4.69, 9.17) is 4.74 Å². The van der Waals surface area contributed by atoms with Crippen molar-refractivity contribution in [2.75, 3.05) is 13.7 Å². The van der Waals surface area contributed by atoms with Crippen molar-refractivity contribution < 1.29 is 19.1 Å². The number of aryl methyl sites for hydroxylation is 1. The average molecular weight is 333 g/mol. The number of hydrogen-bond acceptors (Lipinski definition) is 5. The number of rotatable bonds is 7. The molecule has 0 aliphatic rings. The maximum absolute atomic E-state index is 12.1. The van der Waals surface area contributed by atoms with E-state index in [1.165, 1.54) is 18.4 Å². The van der Waals surface area contributed by atoms with Crippen molar-refractivity contribution in [3.63, 3.8) is 0 Å². The van der Waals surface area contributed by atoms with Gasteiger partial charge in [-0.3, -0.25) is 9.59 Å². The first-order chi connectivity index (χ1) is 11.1. The number of carbonyl (C=O) groups excluding carboxylic acids is 2. The Hall–Kier alpha value is -2.34. The summed E-state index contributed by atoms with van der Waals surface area (Å²) in [4.78, 5) is 24.5. The summed E-state index contributed by atoms with van der Waals surface area (Å²) < 4.78 is 10.2. The van der Waals surface area contributed by atoms with Crippen molar-refractivity contribution >= 4 is 23.2 Å². The van der Waals surface area contributed by atoms with E-state index in [1.54, 1.807) is 0 Å². The Labute approximate surface area is 139 Å². The lowest BCUT2D eigenvalue weighted by atomic mass is 10.1. The maximum Gasteiger partial charge on any atom is 0.307 e. The maximum atomic E-state index is 12.1. The van der Waals surface area contributed by atoms with Crippen molar-refractivity contribution in [3.05, 3.63) is 52.2 Å². The van der Waals surface area contributed by atoms with Crippen LogP contribution in [-0.4, -0.2) is 25.6 Å². The third-order valence-electron chi connectivity index (χ3n) is 3.27. The Bertz CT molecular complexity index is 654. The van der Waals surface area contributed by atoms with E-state index >= 15 is 0 Å². The average Bonchev–Trinajstić information content (AvgIpc) is 3.07. The van der Waals surface area contributed by atoms with Gasteiger partial charge in [0.15, 0.2) is 6.61 Å². The molecular formula is C17H19NO4S. The molecule has 122 valence electrons. The number of amides is 1. The third kappa shape index (κ3) is 5.10. The number of hydrogen-bond donors (Lipinski definition) is 1. The molecule has 1 aromatic heterocycles. The highest BCUT2D eigenvalue weighted by atomic mass is 32.1. The molecule has 0 saturated carbocycles. The fraction of sp³-hybridized carbons (Fsp3) is 0.294. The SMILES string of the molecule is COC(=O)C[C@H](NC(=O)COc1ccccc1C)c1cccs1. The molecule has 1 aromatic carbocycles. The number of esters is 1. The van der Waals surface area contributed by atoms with Crippen molar-refractivity contribution in [1.29, 1.82) is 0 Å². The van der Waals surface area contributed by atoms with Gasteiger partial charge in [-0.05, 0) is 30.0 Å². The van der Waals surface area contributed by atoms with Crippen LogP contribution in [0.1, 0.15) is 22.9 Å². The fourth-order valence-electron chi connectivity index (χ4n) is 2.06. The highest BCUT2D eigenvalue weighted by Crippen LogP contribution is 2.22. The lowest BCUT2D eigenvalue weighted by molar-refractivity contribution is -0.141. The lowest BCUT2D eigenvalue weighted by Gasteiger charge is -2.17.